The first kappa shape index (κ1) is 27.5. The van der Waals surface area contributed by atoms with Crippen molar-refractivity contribution in [3.05, 3.63) is 88.7 Å². The SMILES string of the molecule is COc1ccnc(C(=O)N[C@H]2CCC[C@H](Cc3ccc(Cl)cc3)[C@@H](Cc3ccccc3)[C@H](C)OC2=O)c1O. The number of aromatic nitrogens is 1. The summed E-state index contributed by atoms with van der Waals surface area (Å²) in [4.78, 5) is 30.2. The number of benzene rings is 2. The summed E-state index contributed by atoms with van der Waals surface area (Å²) in [5, 5.41) is 13.8. The van der Waals surface area contributed by atoms with E-state index in [1.54, 1.807) is 0 Å². The van der Waals surface area contributed by atoms with Crippen molar-refractivity contribution in [2.24, 2.45) is 11.8 Å². The van der Waals surface area contributed by atoms with Gasteiger partial charge in [0.1, 0.15) is 12.1 Å². The summed E-state index contributed by atoms with van der Waals surface area (Å²) in [5.74, 6) is -1.06. The molecule has 38 heavy (non-hydrogen) atoms. The first-order valence-corrected chi connectivity index (χ1v) is 13.2. The van der Waals surface area contributed by atoms with E-state index in [0.29, 0.717) is 17.9 Å². The van der Waals surface area contributed by atoms with Crippen molar-refractivity contribution < 1.29 is 24.2 Å². The Morgan fingerprint density at radius 1 is 1.08 bits per heavy atom. The van der Waals surface area contributed by atoms with Gasteiger partial charge in [0, 0.05) is 23.2 Å². The van der Waals surface area contributed by atoms with Gasteiger partial charge in [-0.1, -0.05) is 60.5 Å². The molecule has 7 nitrogen and oxygen atoms in total. The average Bonchev–Trinajstić information content (AvgIpc) is 2.96. The molecule has 4 atom stereocenters. The fourth-order valence-electron chi connectivity index (χ4n) is 5.17. The van der Waals surface area contributed by atoms with Crippen LogP contribution in [-0.4, -0.2) is 41.2 Å². The maximum atomic E-state index is 13.2. The van der Waals surface area contributed by atoms with Crippen molar-refractivity contribution in [1.82, 2.24) is 10.3 Å². The smallest absolute Gasteiger partial charge is 0.328 e. The zero-order valence-electron chi connectivity index (χ0n) is 21.6. The van der Waals surface area contributed by atoms with E-state index in [9.17, 15) is 14.7 Å². The largest absolute Gasteiger partial charge is 0.503 e. The lowest BCUT2D eigenvalue weighted by Crippen LogP contribution is -2.43. The van der Waals surface area contributed by atoms with Gasteiger partial charge in [-0.3, -0.25) is 4.79 Å². The third-order valence-electron chi connectivity index (χ3n) is 7.22. The Balaban J connectivity index is 1.55. The molecule has 0 radical (unpaired) electrons. The third-order valence-corrected chi connectivity index (χ3v) is 7.47. The second-order valence-corrected chi connectivity index (χ2v) is 10.2. The molecule has 0 aliphatic carbocycles. The number of esters is 1. The number of ether oxygens (including phenoxy) is 2. The molecule has 0 spiro atoms. The number of hydrogen-bond acceptors (Lipinski definition) is 6. The number of methoxy groups -OCH3 is 1. The lowest BCUT2D eigenvalue weighted by atomic mass is 9.77. The van der Waals surface area contributed by atoms with Crippen molar-refractivity contribution in [2.45, 2.75) is 51.2 Å². The molecule has 4 rings (SSSR count). The lowest BCUT2D eigenvalue weighted by molar-refractivity contribution is -0.153. The normalized spacial score (nSPS) is 21.9. The number of nitrogens with one attached hydrogen (secondary N) is 1. The number of hydrogen-bond donors (Lipinski definition) is 2. The number of carbonyl (C=O) groups is 2. The van der Waals surface area contributed by atoms with Gasteiger partial charge in [0.25, 0.3) is 5.91 Å². The van der Waals surface area contributed by atoms with Crippen molar-refractivity contribution in [3.63, 3.8) is 0 Å². The van der Waals surface area contributed by atoms with Gasteiger partial charge in [-0.05, 0) is 61.8 Å². The molecule has 0 bridgehead atoms. The Kier molecular flexibility index (Phi) is 9.24. The Bertz CT molecular complexity index is 1240. The molecular formula is C30H33ClN2O5. The van der Waals surface area contributed by atoms with Crippen LogP contribution < -0.4 is 10.1 Å². The highest BCUT2D eigenvalue weighted by Gasteiger charge is 2.35. The Morgan fingerprint density at radius 2 is 1.79 bits per heavy atom. The highest BCUT2D eigenvalue weighted by molar-refractivity contribution is 6.30. The summed E-state index contributed by atoms with van der Waals surface area (Å²) >= 11 is 6.11. The van der Waals surface area contributed by atoms with E-state index in [4.69, 9.17) is 21.1 Å². The van der Waals surface area contributed by atoms with Crippen LogP contribution in [0, 0.1) is 11.8 Å². The molecule has 2 heterocycles. The number of cyclic esters (lactones) is 1. The van der Waals surface area contributed by atoms with Crippen molar-refractivity contribution in [1.29, 1.82) is 0 Å². The number of nitrogens with zero attached hydrogens (tertiary/aromatic N) is 1. The molecule has 8 heteroatoms. The molecular weight excluding hydrogens is 504 g/mol. The van der Waals surface area contributed by atoms with Crippen LogP contribution in [0.2, 0.25) is 5.02 Å². The van der Waals surface area contributed by atoms with Gasteiger partial charge in [0.05, 0.1) is 7.11 Å². The minimum Gasteiger partial charge on any atom is -0.503 e. The van der Waals surface area contributed by atoms with Crippen molar-refractivity contribution >= 4 is 23.5 Å². The van der Waals surface area contributed by atoms with Crippen LogP contribution in [-0.2, 0) is 22.4 Å². The van der Waals surface area contributed by atoms with Crippen LogP contribution in [0.3, 0.4) is 0 Å². The molecule has 1 aromatic heterocycles. The number of aromatic hydroxyl groups is 1. The topological polar surface area (TPSA) is 97.8 Å². The first-order valence-electron chi connectivity index (χ1n) is 12.9. The van der Waals surface area contributed by atoms with E-state index in [2.05, 4.69) is 22.4 Å². The van der Waals surface area contributed by atoms with Crippen LogP contribution in [0.4, 0.5) is 0 Å². The van der Waals surface area contributed by atoms with Crippen LogP contribution in [0.1, 0.15) is 47.8 Å². The summed E-state index contributed by atoms with van der Waals surface area (Å²) in [7, 11) is 1.39. The molecule has 0 saturated carbocycles. The van der Waals surface area contributed by atoms with Gasteiger partial charge in [-0.2, -0.15) is 0 Å². The average molecular weight is 537 g/mol. The number of amides is 1. The molecule has 3 aromatic rings. The van der Waals surface area contributed by atoms with Gasteiger partial charge in [0.15, 0.2) is 17.2 Å². The fraction of sp³-hybridized carbons (Fsp3) is 0.367. The zero-order valence-corrected chi connectivity index (χ0v) is 22.4. The van der Waals surface area contributed by atoms with Gasteiger partial charge >= 0.3 is 5.97 Å². The molecule has 0 unspecified atom stereocenters. The molecule has 200 valence electrons. The second kappa shape index (κ2) is 12.8. The highest BCUT2D eigenvalue weighted by atomic mass is 35.5. The molecule has 1 aliphatic rings. The number of halogens is 1. The van der Waals surface area contributed by atoms with Crippen molar-refractivity contribution in [3.8, 4) is 11.5 Å². The lowest BCUT2D eigenvalue weighted by Gasteiger charge is -2.31. The van der Waals surface area contributed by atoms with Crippen molar-refractivity contribution in [2.75, 3.05) is 7.11 Å². The summed E-state index contributed by atoms with van der Waals surface area (Å²) < 4.78 is 11.1. The van der Waals surface area contributed by atoms with Gasteiger partial charge in [-0.25, -0.2) is 9.78 Å². The van der Waals surface area contributed by atoms with E-state index in [1.807, 2.05) is 49.4 Å². The maximum absolute atomic E-state index is 13.2. The quantitative estimate of drug-likeness (QED) is 0.393. The fourth-order valence-corrected chi connectivity index (χ4v) is 5.30. The number of pyridine rings is 1. The molecule has 1 amide bonds. The maximum Gasteiger partial charge on any atom is 0.328 e. The minimum atomic E-state index is -0.857. The summed E-state index contributed by atoms with van der Waals surface area (Å²) in [6.45, 7) is 1.93. The van der Waals surface area contributed by atoms with Crippen LogP contribution in [0.15, 0.2) is 66.9 Å². The molecule has 1 aliphatic heterocycles. The molecule has 1 saturated heterocycles. The van der Waals surface area contributed by atoms with E-state index in [1.165, 1.54) is 30.5 Å². The predicted molar refractivity (Wildman–Crippen MR) is 145 cm³/mol. The number of rotatable bonds is 7. The number of carbonyl (C=O) groups excluding carboxylic acids is 2. The van der Waals surface area contributed by atoms with Crippen LogP contribution >= 0.6 is 11.6 Å². The Hall–Kier alpha value is -3.58. The van der Waals surface area contributed by atoms with E-state index in [0.717, 1.165) is 19.3 Å². The molecule has 1 fully saturated rings. The third kappa shape index (κ3) is 6.84. The van der Waals surface area contributed by atoms with Crippen LogP contribution in [0.5, 0.6) is 11.5 Å². The predicted octanol–water partition coefficient (Wildman–Crippen LogP) is 5.38. The van der Waals surface area contributed by atoms with Gasteiger partial charge < -0.3 is 19.9 Å². The standard InChI is InChI=1S/C30H33ClN2O5/c1-19-24(18-20-7-4-3-5-8-20)22(17-21-11-13-23(31)14-12-21)9-6-10-25(30(36)38-19)33-29(35)27-28(34)26(37-2)15-16-32-27/h3-5,7-8,11-16,19,22,24-25,34H,6,9-10,17-18H2,1-2H3,(H,33,35)/t19-,22+,24-,25-/m0/s1. The van der Waals surface area contributed by atoms with E-state index < -0.39 is 17.9 Å². The highest BCUT2D eigenvalue weighted by Crippen LogP contribution is 2.33. The van der Waals surface area contributed by atoms with E-state index >= 15 is 0 Å². The minimum absolute atomic E-state index is 0.0792. The first-order chi connectivity index (χ1) is 18.4. The Morgan fingerprint density at radius 3 is 2.50 bits per heavy atom. The summed E-state index contributed by atoms with van der Waals surface area (Å²) in [6.07, 6.45) is 4.58. The van der Waals surface area contributed by atoms with Gasteiger partial charge in [0.2, 0.25) is 0 Å². The van der Waals surface area contributed by atoms with E-state index in [-0.39, 0.29) is 35.1 Å². The molecule has 2 aromatic carbocycles. The zero-order chi connectivity index (χ0) is 27.1. The summed E-state index contributed by atoms with van der Waals surface area (Å²) in [6, 6.07) is 18.7. The van der Waals surface area contributed by atoms with Gasteiger partial charge in [-0.15, -0.1) is 0 Å². The Labute approximate surface area is 228 Å². The summed E-state index contributed by atoms with van der Waals surface area (Å²) in [5.41, 5.74) is 2.16. The second-order valence-electron chi connectivity index (χ2n) is 9.75. The molecule has 2 N–H and O–H groups in total. The monoisotopic (exact) mass is 536 g/mol. The van der Waals surface area contributed by atoms with Crippen LogP contribution in [0.25, 0.3) is 0 Å².